The Bertz CT molecular complexity index is 463. The lowest BCUT2D eigenvalue weighted by Gasteiger charge is -2.28. The lowest BCUT2D eigenvalue weighted by Crippen LogP contribution is -2.50. The minimum Gasteiger partial charge on any atom is -0.377 e. The molecule has 4 nitrogen and oxygen atoms in total. The van der Waals surface area contributed by atoms with E-state index in [2.05, 4.69) is 22.8 Å². The van der Waals surface area contributed by atoms with Gasteiger partial charge in [0.05, 0.1) is 11.6 Å². The predicted octanol–water partition coefficient (Wildman–Crippen LogP) is 1.66. The van der Waals surface area contributed by atoms with E-state index in [9.17, 15) is 4.79 Å². The average Bonchev–Trinajstić information content (AvgIpc) is 2.44. The van der Waals surface area contributed by atoms with Crippen molar-refractivity contribution in [1.82, 2.24) is 10.6 Å². The lowest BCUT2D eigenvalue weighted by molar-refractivity contribution is -0.124. The molecule has 20 heavy (non-hydrogen) atoms. The van der Waals surface area contributed by atoms with Crippen molar-refractivity contribution in [2.75, 3.05) is 13.7 Å². The normalized spacial score (nSPS) is 17.9. The van der Waals surface area contributed by atoms with Crippen LogP contribution in [0.3, 0.4) is 0 Å². The van der Waals surface area contributed by atoms with Crippen LogP contribution < -0.4 is 10.6 Å². The Hall–Kier alpha value is -1.10. The number of rotatable bonds is 4. The van der Waals surface area contributed by atoms with E-state index in [0.717, 1.165) is 13.0 Å². The summed E-state index contributed by atoms with van der Waals surface area (Å²) in [5, 5.41) is 6.22. The summed E-state index contributed by atoms with van der Waals surface area (Å²) in [4.78, 5) is 12.1. The lowest BCUT2D eigenvalue weighted by atomic mass is 9.95. The van der Waals surface area contributed by atoms with E-state index in [1.807, 2.05) is 26.0 Å². The molecular weight excluding hydrogens is 276 g/mol. The molecule has 1 heterocycles. The van der Waals surface area contributed by atoms with Gasteiger partial charge in [-0.15, -0.1) is 12.4 Å². The van der Waals surface area contributed by atoms with Crippen LogP contribution >= 0.6 is 12.4 Å². The molecule has 2 rings (SSSR count). The van der Waals surface area contributed by atoms with Crippen molar-refractivity contribution < 1.29 is 9.53 Å². The third-order valence-electron chi connectivity index (χ3n) is 3.64. The highest BCUT2D eigenvalue weighted by Gasteiger charge is 2.25. The summed E-state index contributed by atoms with van der Waals surface area (Å²) < 4.78 is 5.30. The summed E-state index contributed by atoms with van der Waals surface area (Å²) in [6.45, 7) is 5.18. The molecule has 112 valence electrons. The Morgan fingerprint density at radius 2 is 2.05 bits per heavy atom. The third-order valence-corrected chi connectivity index (χ3v) is 3.64. The van der Waals surface area contributed by atoms with E-state index in [4.69, 9.17) is 4.74 Å². The van der Waals surface area contributed by atoms with Crippen LogP contribution in [0.4, 0.5) is 0 Å². The summed E-state index contributed by atoms with van der Waals surface area (Å²) in [6.07, 6.45) is 0.745. The first-order valence-electron chi connectivity index (χ1n) is 6.65. The van der Waals surface area contributed by atoms with Crippen LogP contribution in [-0.2, 0) is 22.5 Å². The van der Waals surface area contributed by atoms with Crippen LogP contribution in [0.1, 0.15) is 25.0 Å². The molecule has 0 spiro atoms. The van der Waals surface area contributed by atoms with Gasteiger partial charge in [0, 0.05) is 20.2 Å². The van der Waals surface area contributed by atoms with Gasteiger partial charge in [-0.25, -0.2) is 0 Å². The van der Waals surface area contributed by atoms with E-state index in [1.165, 1.54) is 11.1 Å². The first kappa shape index (κ1) is 17.0. The molecule has 1 aliphatic rings. The van der Waals surface area contributed by atoms with E-state index in [-0.39, 0.29) is 30.0 Å². The molecule has 1 aromatic rings. The Balaban J connectivity index is 0.00000200. The van der Waals surface area contributed by atoms with Gasteiger partial charge in [0.2, 0.25) is 5.91 Å². The fraction of sp³-hybridized carbons (Fsp3) is 0.533. The van der Waals surface area contributed by atoms with E-state index < -0.39 is 0 Å². The molecule has 5 heteroatoms. The molecule has 0 saturated carbocycles. The maximum absolute atomic E-state index is 12.1. The molecule has 0 bridgehead atoms. The smallest absolute Gasteiger partial charge is 0.237 e. The van der Waals surface area contributed by atoms with E-state index in [1.54, 1.807) is 7.11 Å². The highest BCUT2D eigenvalue weighted by Crippen LogP contribution is 2.16. The van der Waals surface area contributed by atoms with Crippen LogP contribution in [0.5, 0.6) is 0 Å². The SMILES string of the molecule is COC(C)(C)CNC(=O)C1Cc2ccccc2CN1.Cl. The van der Waals surface area contributed by atoms with Crippen LogP contribution in [0, 0.1) is 0 Å². The maximum Gasteiger partial charge on any atom is 0.237 e. The van der Waals surface area contributed by atoms with E-state index in [0.29, 0.717) is 6.54 Å². The van der Waals surface area contributed by atoms with E-state index >= 15 is 0 Å². The molecule has 1 aliphatic heterocycles. The molecule has 0 radical (unpaired) electrons. The highest BCUT2D eigenvalue weighted by atomic mass is 35.5. The number of nitrogens with one attached hydrogen (secondary N) is 2. The van der Waals surface area contributed by atoms with Crippen LogP contribution in [0.25, 0.3) is 0 Å². The summed E-state index contributed by atoms with van der Waals surface area (Å²) >= 11 is 0. The topological polar surface area (TPSA) is 50.4 Å². The molecule has 0 aromatic heterocycles. The number of carbonyl (C=O) groups is 1. The molecule has 0 fully saturated rings. The van der Waals surface area contributed by atoms with Crippen molar-refractivity contribution in [2.45, 2.75) is 38.5 Å². The average molecular weight is 299 g/mol. The summed E-state index contributed by atoms with van der Waals surface area (Å²) in [7, 11) is 1.65. The number of benzene rings is 1. The van der Waals surface area contributed by atoms with Crippen LogP contribution in [0.15, 0.2) is 24.3 Å². The highest BCUT2D eigenvalue weighted by molar-refractivity contribution is 5.85. The first-order valence-corrected chi connectivity index (χ1v) is 6.65. The number of halogens is 1. The van der Waals surface area contributed by atoms with Gasteiger partial charge in [0.15, 0.2) is 0 Å². The molecule has 1 aromatic carbocycles. The second kappa shape index (κ2) is 7.07. The zero-order chi connectivity index (χ0) is 13.9. The Labute approximate surface area is 126 Å². The number of methoxy groups -OCH3 is 1. The van der Waals surface area contributed by atoms with Crippen molar-refractivity contribution in [1.29, 1.82) is 0 Å². The first-order chi connectivity index (χ1) is 9.02. The monoisotopic (exact) mass is 298 g/mol. The standard InChI is InChI=1S/C15H22N2O2.ClH/c1-15(2,19-3)10-17-14(18)13-8-11-6-4-5-7-12(11)9-16-13;/h4-7,13,16H,8-10H2,1-3H3,(H,17,18);1H. The number of hydrogen-bond donors (Lipinski definition) is 2. The zero-order valence-corrected chi connectivity index (χ0v) is 13.0. The quantitative estimate of drug-likeness (QED) is 0.889. The second-order valence-electron chi connectivity index (χ2n) is 5.59. The number of hydrogen-bond acceptors (Lipinski definition) is 3. The van der Waals surface area contributed by atoms with Crippen molar-refractivity contribution in [2.24, 2.45) is 0 Å². The van der Waals surface area contributed by atoms with Crippen molar-refractivity contribution in [3.63, 3.8) is 0 Å². The Kier molecular flexibility index (Phi) is 5.99. The number of carbonyl (C=O) groups excluding carboxylic acids is 1. The molecule has 0 aliphatic carbocycles. The van der Waals surface area contributed by atoms with Gasteiger partial charge in [-0.2, -0.15) is 0 Å². The van der Waals surface area contributed by atoms with Gasteiger partial charge in [-0.05, 0) is 31.4 Å². The minimum atomic E-state index is -0.331. The molecule has 1 amide bonds. The van der Waals surface area contributed by atoms with Crippen molar-refractivity contribution in [3.05, 3.63) is 35.4 Å². The largest absolute Gasteiger partial charge is 0.377 e. The maximum atomic E-state index is 12.1. The second-order valence-corrected chi connectivity index (χ2v) is 5.59. The Morgan fingerprint density at radius 3 is 2.70 bits per heavy atom. The molecular formula is C15H23ClN2O2. The summed E-state index contributed by atoms with van der Waals surface area (Å²) in [5.74, 6) is 0.0413. The number of ether oxygens (including phenoxy) is 1. The molecule has 2 N–H and O–H groups in total. The number of amides is 1. The fourth-order valence-corrected chi connectivity index (χ4v) is 2.14. The van der Waals surface area contributed by atoms with Gasteiger partial charge < -0.3 is 15.4 Å². The molecule has 1 atom stereocenters. The van der Waals surface area contributed by atoms with Gasteiger partial charge >= 0.3 is 0 Å². The van der Waals surface area contributed by atoms with Gasteiger partial charge in [-0.1, -0.05) is 24.3 Å². The van der Waals surface area contributed by atoms with Crippen LogP contribution in [0.2, 0.25) is 0 Å². The molecule has 1 unspecified atom stereocenters. The summed E-state index contributed by atoms with van der Waals surface area (Å²) in [5.41, 5.74) is 2.21. The predicted molar refractivity (Wildman–Crippen MR) is 82.1 cm³/mol. The minimum absolute atomic E-state index is 0. The van der Waals surface area contributed by atoms with Gasteiger partial charge in [0.1, 0.15) is 0 Å². The molecule has 0 saturated heterocycles. The number of fused-ring (bicyclic) bond motifs is 1. The van der Waals surface area contributed by atoms with Crippen molar-refractivity contribution >= 4 is 18.3 Å². The Morgan fingerprint density at radius 1 is 1.40 bits per heavy atom. The zero-order valence-electron chi connectivity index (χ0n) is 12.2. The van der Waals surface area contributed by atoms with Gasteiger partial charge in [0.25, 0.3) is 0 Å². The summed E-state index contributed by atoms with van der Waals surface area (Å²) in [6, 6.07) is 8.09. The van der Waals surface area contributed by atoms with Gasteiger partial charge in [-0.3, -0.25) is 4.79 Å². The van der Waals surface area contributed by atoms with Crippen LogP contribution in [-0.4, -0.2) is 31.2 Å². The fourth-order valence-electron chi connectivity index (χ4n) is 2.14. The third kappa shape index (κ3) is 4.20. The van der Waals surface area contributed by atoms with Crippen molar-refractivity contribution in [3.8, 4) is 0 Å².